The van der Waals surface area contributed by atoms with Crippen LogP contribution < -0.4 is 5.56 Å². The van der Waals surface area contributed by atoms with Gasteiger partial charge < -0.3 is 9.72 Å². The molecule has 0 aliphatic rings. The van der Waals surface area contributed by atoms with E-state index in [4.69, 9.17) is 4.74 Å². The zero-order chi connectivity index (χ0) is 17.3. The monoisotopic (exact) mass is 342 g/mol. The Labute approximate surface area is 143 Å². The number of esters is 1. The van der Waals surface area contributed by atoms with Gasteiger partial charge in [-0.1, -0.05) is 19.1 Å². The minimum atomic E-state index is -0.637. The summed E-state index contributed by atoms with van der Waals surface area (Å²) in [5.41, 5.74) is 1.44. The number of para-hydroxylation sites is 1. The molecule has 0 aliphatic carbocycles. The van der Waals surface area contributed by atoms with E-state index in [0.717, 1.165) is 12.0 Å². The van der Waals surface area contributed by atoms with Crippen LogP contribution in [0.3, 0.4) is 0 Å². The van der Waals surface area contributed by atoms with E-state index in [1.807, 2.05) is 19.1 Å². The highest BCUT2D eigenvalue weighted by Gasteiger charge is 2.19. The second-order valence-corrected chi connectivity index (χ2v) is 6.72. The number of aryl methyl sites for hydroxylation is 2. The van der Waals surface area contributed by atoms with E-state index in [-0.39, 0.29) is 5.56 Å². The standard InChI is InChI=1S/C18H18N2O3S/c1-4-14-10(2)9-15(24-14)18(22)23-11(3)16-19-13-8-6-5-7-12(13)17(21)20-16/h5-9,11H,4H2,1-3H3,(H,19,20,21)/t11-/m0/s1. The Bertz CT molecular complexity index is 958. The molecule has 0 bridgehead atoms. The highest BCUT2D eigenvalue weighted by Crippen LogP contribution is 2.25. The quantitative estimate of drug-likeness (QED) is 0.733. The number of carbonyl (C=O) groups excluding carboxylic acids is 1. The Balaban J connectivity index is 1.85. The number of ether oxygens (including phenoxy) is 1. The summed E-state index contributed by atoms with van der Waals surface area (Å²) >= 11 is 1.44. The highest BCUT2D eigenvalue weighted by atomic mass is 32.1. The largest absolute Gasteiger partial charge is 0.450 e. The summed E-state index contributed by atoms with van der Waals surface area (Å²) in [7, 11) is 0. The predicted molar refractivity (Wildman–Crippen MR) is 94.6 cm³/mol. The van der Waals surface area contributed by atoms with Crippen molar-refractivity contribution in [2.75, 3.05) is 0 Å². The summed E-state index contributed by atoms with van der Waals surface area (Å²) in [6.07, 6.45) is 0.251. The molecule has 2 heterocycles. The number of hydrogen-bond donors (Lipinski definition) is 1. The molecule has 1 aromatic carbocycles. The number of hydrogen-bond acceptors (Lipinski definition) is 5. The Morgan fingerprint density at radius 3 is 2.83 bits per heavy atom. The second-order valence-electron chi connectivity index (χ2n) is 5.59. The number of carbonyl (C=O) groups is 1. The highest BCUT2D eigenvalue weighted by molar-refractivity contribution is 7.14. The number of rotatable bonds is 4. The van der Waals surface area contributed by atoms with Crippen molar-refractivity contribution in [3.8, 4) is 0 Å². The molecule has 0 radical (unpaired) electrons. The van der Waals surface area contributed by atoms with E-state index in [1.54, 1.807) is 25.1 Å². The van der Waals surface area contributed by atoms with Gasteiger partial charge in [0, 0.05) is 4.88 Å². The molecule has 3 aromatic rings. The van der Waals surface area contributed by atoms with Crippen molar-refractivity contribution in [3.05, 3.63) is 61.8 Å². The van der Waals surface area contributed by atoms with Crippen molar-refractivity contribution in [2.45, 2.75) is 33.3 Å². The first-order chi connectivity index (χ1) is 11.5. The number of nitrogens with zero attached hydrogens (tertiary/aromatic N) is 1. The molecule has 5 nitrogen and oxygen atoms in total. The van der Waals surface area contributed by atoms with Crippen LogP contribution in [0.25, 0.3) is 10.9 Å². The van der Waals surface area contributed by atoms with Gasteiger partial charge in [0.05, 0.1) is 10.9 Å². The SMILES string of the molecule is CCc1sc(C(=O)O[C@@H](C)c2nc3ccccc3c(=O)[nH]2)cc1C. The maximum absolute atomic E-state index is 12.3. The van der Waals surface area contributed by atoms with E-state index < -0.39 is 12.1 Å². The van der Waals surface area contributed by atoms with Gasteiger partial charge in [-0.2, -0.15) is 0 Å². The Morgan fingerprint density at radius 1 is 1.38 bits per heavy atom. The summed E-state index contributed by atoms with van der Waals surface area (Å²) in [6, 6.07) is 8.92. The van der Waals surface area contributed by atoms with Crippen LogP contribution in [0.4, 0.5) is 0 Å². The molecule has 6 heteroatoms. The van der Waals surface area contributed by atoms with Gasteiger partial charge in [-0.3, -0.25) is 4.79 Å². The van der Waals surface area contributed by atoms with Crippen LogP contribution in [-0.4, -0.2) is 15.9 Å². The minimum Gasteiger partial charge on any atom is -0.450 e. The van der Waals surface area contributed by atoms with Gasteiger partial charge in [0.15, 0.2) is 11.9 Å². The van der Waals surface area contributed by atoms with E-state index in [1.165, 1.54) is 16.2 Å². The van der Waals surface area contributed by atoms with Crippen LogP contribution in [0.2, 0.25) is 0 Å². The summed E-state index contributed by atoms with van der Waals surface area (Å²) < 4.78 is 5.48. The van der Waals surface area contributed by atoms with Gasteiger partial charge in [0.1, 0.15) is 4.88 Å². The van der Waals surface area contributed by atoms with Crippen LogP contribution in [0.5, 0.6) is 0 Å². The van der Waals surface area contributed by atoms with Gasteiger partial charge in [-0.15, -0.1) is 11.3 Å². The topological polar surface area (TPSA) is 72.0 Å². The minimum absolute atomic E-state index is 0.237. The lowest BCUT2D eigenvalue weighted by atomic mass is 10.2. The third kappa shape index (κ3) is 3.10. The van der Waals surface area contributed by atoms with Crippen LogP contribution in [0.1, 0.15) is 45.9 Å². The fraction of sp³-hybridized carbons (Fsp3) is 0.278. The molecule has 1 atom stereocenters. The maximum Gasteiger partial charge on any atom is 0.349 e. The molecule has 0 aliphatic heterocycles. The summed E-state index contributed by atoms with van der Waals surface area (Å²) in [4.78, 5) is 33.3. The number of H-pyrrole nitrogens is 1. The molecule has 124 valence electrons. The molecule has 3 rings (SSSR count). The second kappa shape index (κ2) is 6.57. The molecule has 0 fully saturated rings. The molecular formula is C18H18N2O3S. The van der Waals surface area contributed by atoms with E-state index in [0.29, 0.717) is 21.6 Å². The zero-order valence-corrected chi connectivity index (χ0v) is 14.6. The van der Waals surface area contributed by atoms with Gasteiger partial charge in [-0.05, 0) is 44.0 Å². The van der Waals surface area contributed by atoms with Gasteiger partial charge in [0.2, 0.25) is 0 Å². The molecule has 1 N–H and O–H groups in total. The lowest BCUT2D eigenvalue weighted by Crippen LogP contribution is -2.17. The molecular weight excluding hydrogens is 324 g/mol. The van der Waals surface area contributed by atoms with Crippen LogP contribution >= 0.6 is 11.3 Å². The summed E-state index contributed by atoms with van der Waals surface area (Å²) in [5.74, 6) is -0.0536. The average Bonchev–Trinajstić information content (AvgIpc) is 2.96. The molecule has 24 heavy (non-hydrogen) atoms. The average molecular weight is 342 g/mol. The molecule has 0 spiro atoms. The van der Waals surface area contributed by atoms with Crippen molar-refractivity contribution < 1.29 is 9.53 Å². The fourth-order valence-corrected chi connectivity index (χ4v) is 3.54. The molecule has 0 saturated carbocycles. The molecule has 2 aromatic heterocycles. The van der Waals surface area contributed by atoms with E-state index >= 15 is 0 Å². The zero-order valence-electron chi connectivity index (χ0n) is 13.8. The molecule has 0 saturated heterocycles. The van der Waals surface area contributed by atoms with Gasteiger partial charge in [-0.25, -0.2) is 9.78 Å². The third-order valence-corrected chi connectivity index (χ3v) is 5.20. The van der Waals surface area contributed by atoms with Crippen molar-refractivity contribution in [2.24, 2.45) is 0 Å². The van der Waals surface area contributed by atoms with E-state index in [2.05, 4.69) is 16.9 Å². The van der Waals surface area contributed by atoms with Crippen molar-refractivity contribution in [1.29, 1.82) is 0 Å². The maximum atomic E-state index is 12.3. The lowest BCUT2D eigenvalue weighted by molar-refractivity contribution is 0.0326. The first-order valence-corrected chi connectivity index (χ1v) is 8.60. The number of nitrogens with one attached hydrogen (secondary N) is 1. The van der Waals surface area contributed by atoms with Gasteiger partial charge >= 0.3 is 5.97 Å². The van der Waals surface area contributed by atoms with Crippen molar-refractivity contribution in [3.63, 3.8) is 0 Å². The number of thiophene rings is 1. The Hall–Kier alpha value is -2.47. The van der Waals surface area contributed by atoms with Gasteiger partial charge in [0.25, 0.3) is 5.56 Å². The lowest BCUT2D eigenvalue weighted by Gasteiger charge is -2.12. The predicted octanol–water partition coefficient (Wildman–Crippen LogP) is 3.77. The summed E-state index contributed by atoms with van der Waals surface area (Å²) in [5, 5.41) is 0.515. The normalized spacial score (nSPS) is 12.3. The number of aromatic amines is 1. The molecule has 0 amide bonds. The third-order valence-electron chi connectivity index (χ3n) is 3.84. The number of fused-ring (bicyclic) bond motifs is 1. The van der Waals surface area contributed by atoms with E-state index in [9.17, 15) is 9.59 Å². The Kier molecular flexibility index (Phi) is 4.49. The number of aromatic nitrogens is 2. The first kappa shape index (κ1) is 16.4. The number of benzene rings is 1. The Morgan fingerprint density at radius 2 is 2.12 bits per heavy atom. The van der Waals surface area contributed by atoms with Crippen molar-refractivity contribution >= 4 is 28.2 Å². The van der Waals surface area contributed by atoms with Crippen LogP contribution in [0, 0.1) is 6.92 Å². The smallest absolute Gasteiger partial charge is 0.349 e. The summed E-state index contributed by atoms with van der Waals surface area (Å²) in [6.45, 7) is 5.74. The van der Waals surface area contributed by atoms with Crippen molar-refractivity contribution in [1.82, 2.24) is 9.97 Å². The first-order valence-electron chi connectivity index (χ1n) is 7.78. The molecule has 0 unspecified atom stereocenters. The van der Waals surface area contributed by atoms with Crippen LogP contribution in [-0.2, 0) is 11.2 Å². The van der Waals surface area contributed by atoms with Crippen LogP contribution in [0.15, 0.2) is 35.1 Å². The fourth-order valence-electron chi connectivity index (χ4n) is 2.54.